The fourth-order valence-electron chi connectivity index (χ4n) is 2.87. The number of hydrogen-bond donors (Lipinski definition) is 1. The minimum absolute atomic E-state index is 0.169. The molecule has 0 amide bonds. The van der Waals surface area contributed by atoms with Gasteiger partial charge in [-0.2, -0.15) is 5.10 Å². The largest absolute Gasteiger partial charge is 0.324 e. The van der Waals surface area contributed by atoms with Crippen molar-refractivity contribution in [3.63, 3.8) is 0 Å². The highest BCUT2D eigenvalue weighted by Gasteiger charge is 2.26. The molecule has 0 aliphatic rings. The summed E-state index contributed by atoms with van der Waals surface area (Å²) in [7, 11) is 1.80. The van der Waals surface area contributed by atoms with Crippen LogP contribution in [0.5, 0.6) is 0 Å². The first-order valence-electron chi connectivity index (χ1n) is 7.52. The number of halogens is 1. The average molecular weight is 344 g/mol. The third kappa shape index (κ3) is 2.53. The van der Waals surface area contributed by atoms with Crippen LogP contribution in [0.2, 0.25) is 5.02 Å². The number of aryl methyl sites for hydroxylation is 3. The van der Waals surface area contributed by atoms with Gasteiger partial charge >= 0.3 is 0 Å². The van der Waals surface area contributed by atoms with Crippen LogP contribution in [0, 0.1) is 13.8 Å². The van der Waals surface area contributed by atoms with Gasteiger partial charge in [-0.15, -0.1) is 0 Å². The summed E-state index contributed by atoms with van der Waals surface area (Å²) in [5.41, 5.74) is 8.26. The molecular formula is C17H18ClN5O. The van der Waals surface area contributed by atoms with Gasteiger partial charge in [0.2, 0.25) is 0 Å². The highest BCUT2D eigenvalue weighted by atomic mass is 35.5. The molecule has 0 unspecified atom stereocenters. The molecule has 3 aromatic rings. The molecule has 0 aliphatic heterocycles. The molecule has 24 heavy (non-hydrogen) atoms. The number of nitrogens with two attached hydrogens (primary N) is 1. The molecule has 0 radical (unpaired) electrons. The lowest BCUT2D eigenvalue weighted by atomic mass is 10.0. The Balaban J connectivity index is 2.26. The zero-order valence-electron chi connectivity index (χ0n) is 13.7. The predicted octanol–water partition coefficient (Wildman–Crippen LogP) is 2.57. The van der Waals surface area contributed by atoms with Gasteiger partial charge in [0.25, 0.3) is 0 Å². The molecule has 0 fully saturated rings. The van der Waals surface area contributed by atoms with Crippen molar-refractivity contribution >= 4 is 17.4 Å². The Labute approximate surface area is 144 Å². The van der Waals surface area contributed by atoms with Crippen molar-refractivity contribution in [1.29, 1.82) is 0 Å². The SMILES string of the molecule is Cc1nn(C)c(-n2c(C)cnc2CN)c1C(=O)c1ccccc1Cl. The molecule has 0 saturated heterocycles. The van der Waals surface area contributed by atoms with Gasteiger partial charge in [0.15, 0.2) is 5.78 Å². The van der Waals surface area contributed by atoms with Gasteiger partial charge < -0.3 is 5.73 Å². The highest BCUT2D eigenvalue weighted by Crippen LogP contribution is 2.27. The summed E-state index contributed by atoms with van der Waals surface area (Å²) >= 11 is 6.21. The average Bonchev–Trinajstić information content (AvgIpc) is 3.05. The molecular weight excluding hydrogens is 326 g/mol. The van der Waals surface area contributed by atoms with Gasteiger partial charge in [-0.25, -0.2) is 4.98 Å². The van der Waals surface area contributed by atoms with Gasteiger partial charge in [-0.3, -0.25) is 14.0 Å². The Morgan fingerprint density at radius 3 is 2.67 bits per heavy atom. The highest BCUT2D eigenvalue weighted by molar-refractivity contribution is 6.35. The van der Waals surface area contributed by atoms with Crippen LogP contribution in [0.25, 0.3) is 5.82 Å². The number of nitrogens with zero attached hydrogens (tertiary/aromatic N) is 4. The van der Waals surface area contributed by atoms with E-state index >= 15 is 0 Å². The molecule has 0 atom stereocenters. The van der Waals surface area contributed by atoms with E-state index in [4.69, 9.17) is 17.3 Å². The maximum absolute atomic E-state index is 13.1. The topological polar surface area (TPSA) is 78.7 Å². The van der Waals surface area contributed by atoms with Crippen LogP contribution in [-0.2, 0) is 13.6 Å². The molecule has 2 aromatic heterocycles. The summed E-state index contributed by atoms with van der Waals surface area (Å²) in [5, 5.41) is 4.84. The number of hydrogen-bond acceptors (Lipinski definition) is 4. The molecule has 0 spiro atoms. The summed E-state index contributed by atoms with van der Waals surface area (Å²) < 4.78 is 3.54. The van der Waals surface area contributed by atoms with Crippen LogP contribution in [0.15, 0.2) is 30.5 Å². The number of aromatic nitrogens is 4. The van der Waals surface area contributed by atoms with E-state index in [-0.39, 0.29) is 12.3 Å². The first kappa shape index (κ1) is 16.4. The molecule has 0 aliphatic carbocycles. The fourth-order valence-corrected chi connectivity index (χ4v) is 3.09. The van der Waals surface area contributed by atoms with Gasteiger partial charge in [-0.1, -0.05) is 23.7 Å². The third-order valence-electron chi connectivity index (χ3n) is 3.94. The maximum atomic E-state index is 13.1. The number of imidazole rings is 1. The number of rotatable bonds is 4. The summed E-state index contributed by atoms with van der Waals surface area (Å²) in [4.78, 5) is 17.4. The summed E-state index contributed by atoms with van der Waals surface area (Å²) in [5.74, 6) is 1.15. The fraction of sp³-hybridized carbons (Fsp3) is 0.235. The van der Waals surface area contributed by atoms with Crippen LogP contribution in [0.3, 0.4) is 0 Å². The Kier molecular flexibility index (Phi) is 4.26. The smallest absolute Gasteiger partial charge is 0.200 e. The lowest BCUT2D eigenvalue weighted by Crippen LogP contribution is -2.15. The van der Waals surface area contributed by atoms with E-state index in [1.54, 1.807) is 42.2 Å². The summed E-state index contributed by atoms with van der Waals surface area (Å²) in [6.45, 7) is 3.98. The standard InChI is InChI=1S/C17H18ClN5O/c1-10-9-20-14(8-19)23(10)17-15(11(2)21-22(17)3)16(24)12-6-4-5-7-13(12)18/h4-7,9H,8,19H2,1-3H3. The molecule has 0 bridgehead atoms. The molecule has 2 N–H and O–H groups in total. The van der Waals surface area contributed by atoms with Gasteiger partial charge in [0.05, 0.1) is 22.8 Å². The molecule has 2 heterocycles. The van der Waals surface area contributed by atoms with E-state index < -0.39 is 0 Å². The quantitative estimate of drug-likeness (QED) is 0.738. The Morgan fingerprint density at radius 1 is 1.29 bits per heavy atom. The third-order valence-corrected chi connectivity index (χ3v) is 4.27. The van der Waals surface area contributed by atoms with Crippen LogP contribution >= 0.6 is 11.6 Å². The zero-order valence-corrected chi connectivity index (χ0v) is 14.5. The van der Waals surface area contributed by atoms with Gasteiger partial charge in [-0.05, 0) is 26.0 Å². The van der Waals surface area contributed by atoms with Gasteiger partial charge in [0, 0.05) is 24.5 Å². The van der Waals surface area contributed by atoms with Crippen LogP contribution in [0.1, 0.15) is 33.1 Å². The van der Waals surface area contributed by atoms with Crippen LogP contribution in [-0.4, -0.2) is 25.1 Å². The molecule has 3 rings (SSSR count). The molecule has 124 valence electrons. The van der Waals surface area contributed by atoms with Crippen LogP contribution < -0.4 is 5.73 Å². The summed E-state index contributed by atoms with van der Waals surface area (Å²) in [6, 6.07) is 7.00. The summed E-state index contributed by atoms with van der Waals surface area (Å²) in [6.07, 6.45) is 1.73. The van der Waals surface area contributed by atoms with Crippen molar-refractivity contribution in [3.8, 4) is 5.82 Å². The number of carbonyl (C=O) groups is 1. The monoisotopic (exact) mass is 343 g/mol. The predicted molar refractivity (Wildman–Crippen MR) is 92.6 cm³/mol. The van der Waals surface area contributed by atoms with E-state index in [0.717, 1.165) is 5.69 Å². The number of carbonyl (C=O) groups excluding carboxylic acids is 1. The lowest BCUT2D eigenvalue weighted by molar-refractivity contribution is 0.103. The van der Waals surface area contributed by atoms with Crippen molar-refractivity contribution in [2.45, 2.75) is 20.4 Å². The Morgan fingerprint density at radius 2 is 2.00 bits per heavy atom. The maximum Gasteiger partial charge on any atom is 0.200 e. The first-order chi connectivity index (χ1) is 11.5. The van der Waals surface area contributed by atoms with Crippen molar-refractivity contribution < 1.29 is 4.79 Å². The Bertz CT molecular complexity index is 925. The Hall–Kier alpha value is -2.44. The molecule has 1 aromatic carbocycles. The van der Waals surface area contributed by atoms with Crippen molar-refractivity contribution in [2.75, 3.05) is 0 Å². The van der Waals surface area contributed by atoms with Crippen LogP contribution in [0.4, 0.5) is 0 Å². The molecule has 6 nitrogen and oxygen atoms in total. The minimum Gasteiger partial charge on any atom is -0.324 e. The van der Waals surface area contributed by atoms with Crippen molar-refractivity contribution in [1.82, 2.24) is 19.3 Å². The number of benzene rings is 1. The lowest BCUT2D eigenvalue weighted by Gasteiger charge is -2.12. The second kappa shape index (κ2) is 6.22. The van der Waals surface area contributed by atoms with Crippen molar-refractivity contribution in [2.24, 2.45) is 12.8 Å². The number of ketones is 1. The van der Waals surface area contributed by atoms with E-state index in [1.165, 1.54) is 0 Å². The minimum atomic E-state index is -0.169. The molecule has 0 saturated carbocycles. The van der Waals surface area contributed by atoms with E-state index in [0.29, 0.717) is 33.5 Å². The first-order valence-corrected chi connectivity index (χ1v) is 7.90. The van der Waals surface area contributed by atoms with E-state index in [1.807, 2.05) is 18.4 Å². The molecule has 7 heteroatoms. The second-order valence-electron chi connectivity index (χ2n) is 5.57. The van der Waals surface area contributed by atoms with E-state index in [9.17, 15) is 4.79 Å². The second-order valence-corrected chi connectivity index (χ2v) is 5.98. The van der Waals surface area contributed by atoms with Crippen molar-refractivity contribution in [3.05, 3.63) is 63.8 Å². The zero-order chi connectivity index (χ0) is 17.4. The van der Waals surface area contributed by atoms with Gasteiger partial charge in [0.1, 0.15) is 11.6 Å². The van der Waals surface area contributed by atoms with E-state index in [2.05, 4.69) is 10.1 Å². The normalized spacial score (nSPS) is 11.0.